The molecule has 1 nitrogen and oxygen atoms in total. The molecule has 2 heteroatoms. The third-order valence-corrected chi connectivity index (χ3v) is 7.71. The summed E-state index contributed by atoms with van der Waals surface area (Å²) in [7, 11) is 0. The van der Waals surface area contributed by atoms with Gasteiger partial charge in [-0.05, 0) is 65.7 Å². The number of nitrogens with one attached hydrogen (secondary N) is 1. The van der Waals surface area contributed by atoms with Gasteiger partial charge in [-0.2, -0.15) is 0 Å². The van der Waals surface area contributed by atoms with Crippen molar-refractivity contribution < 1.29 is 0 Å². The molecule has 0 spiro atoms. The van der Waals surface area contributed by atoms with Gasteiger partial charge in [0.1, 0.15) is 0 Å². The minimum Gasteiger partial charge on any atom is -0.309 e. The molecule has 20 heavy (non-hydrogen) atoms. The Balaban J connectivity index is 0.000000960. The van der Waals surface area contributed by atoms with Gasteiger partial charge >= 0.3 is 0 Å². The van der Waals surface area contributed by atoms with E-state index in [2.05, 4.69) is 35.6 Å². The molecular weight excluding hydrogens is 266 g/mol. The Morgan fingerprint density at radius 3 is 2.30 bits per heavy atom. The zero-order valence-electron chi connectivity index (χ0n) is 11.6. The summed E-state index contributed by atoms with van der Waals surface area (Å²) in [5.41, 5.74) is 1.46. The molecule has 5 fully saturated rings. The second kappa shape index (κ2) is 3.81. The first-order valence-corrected chi connectivity index (χ1v) is 8.21. The van der Waals surface area contributed by atoms with E-state index >= 15 is 0 Å². The molecule has 0 aromatic heterocycles. The number of halogens is 1. The highest BCUT2D eigenvalue weighted by molar-refractivity contribution is 5.85. The summed E-state index contributed by atoms with van der Waals surface area (Å²) in [4.78, 5) is 0. The summed E-state index contributed by atoms with van der Waals surface area (Å²) in [6.45, 7) is 1.09. The van der Waals surface area contributed by atoms with Gasteiger partial charge in [0.15, 0.2) is 0 Å². The highest BCUT2D eigenvalue weighted by Crippen LogP contribution is 2.82. The first-order valence-electron chi connectivity index (χ1n) is 8.21. The van der Waals surface area contributed by atoms with Crippen LogP contribution in [0.3, 0.4) is 0 Å². The van der Waals surface area contributed by atoms with Gasteiger partial charge in [-0.25, -0.2) is 0 Å². The molecule has 0 radical (unpaired) electrons. The van der Waals surface area contributed by atoms with Gasteiger partial charge in [-0.1, -0.05) is 30.3 Å². The Hall–Kier alpha value is -0.530. The van der Waals surface area contributed by atoms with Crippen LogP contribution in [0.5, 0.6) is 0 Å². The lowest BCUT2D eigenvalue weighted by Crippen LogP contribution is -2.51. The molecule has 9 atom stereocenters. The summed E-state index contributed by atoms with van der Waals surface area (Å²) in [5.74, 6) is 9.07. The number of benzene rings is 1. The summed E-state index contributed by atoms with van der Waals surface area (Å²) in [6, 6.07) is 11.8. The highest BCUT2D eigenvalue weighted by Gasteiger charge is 2.80. The van der Waals surface area contributed by atoms with Crippen LogP contribution in [-0.2, 0) is 6.54 Å². The summed E-state index contributed by atoms with van der Waals surface area (Å²) >= 11 is 0. The second-order valence-corrected chi connectivity index (χ2v) is 7.83. The van der Waals surface area contributed by atoms with Gasteiger partial charge < -0.3 is 5.32 Å². The van der Waals surface area contributed by atoms with E-state index < -0.39 is 0 Å². The molecule has 6 rings (SSSR count). The lowest BCUT2D eigenvalue weighted by molar-refractivity contribution is 0.00939. The molecule has 5 aliphatic rings. The zero-order chi connectivity index (χ0) is 12.1. The van der Waals surface area contributed by atoms with E-state index in [1.54, 1.807) is 12.8 Å². The molecule has 106 valence electrons. The highest BCUT2D eigenvalue weighted by atomic mass is 35.5. The largest absolute Gasteiger partial charge is 0.309 e. The first kappa shape index (κ1) is 12.1. The van der Waals surface area contributed by atoms with Crippen molar-refractivity contribution in [3.05, 3.63) is 35.9 Å². The lowest BCUT2D eigenvalue weighted by atomic mass is 9.59. The zero-order valence-corrected chi connectivity index (χ0v) is 12.4. The maximum absolute atomic E-state index is 3.97. The average Bonchev–Trinajstić information content (AvgIpc) is 2.96. The minimum absolute atomic E-state index is 0. The van der Waals surface area contributed by atoms with Crippen molar-refractivity contribution in [1.82, 2.24) is 5.32 Å². The van der Waals surface area contributed by atoms with Crippen LogP contribution in [0, 0.1) is 47.3 Å². The molecule has 0 saturated heterocycles. The van der Waals surface area contributed by atoms with Crippen molar-refractivity contribution in [3.63, 3.8) is 0 Å². The van der Waals surface area contributed by atoms with Crippen LogP contribution in [-0.4, -0.2) is 6.04 Å². The van der Waals surface area contributed by atoms with Crippen LogP contribution in [0.4, 0.5) is 0 Å². The van der Waals surface area contributed by atoms with Crippen LogP contribution >= 0.6 is 12.4 Å². The van der Waals surface area contributed by atoms with E-state index in [4.69, 9.17) is 0 Å². The predicted molar refractivity (Wildman–Crippen MR) is 81.5 cm³/mol. The molecular formula is C18H22ClN. The quantitative estimate of drug-likeness (QED) is 0.899. The van der Waals surface area contributed by atoms with E-state index in [-0.39, 0.29) is 12.4 Å². The Labute approximate surface area is 126 Å². The monoisotopic (exact) mass is 287 g/mol. The first-order chi connectivity index (χ1) is 9.43. The third-order valence-electron chi connectivity index (χ3n) is 7.71. The van der Waals surface area contributed by atoms with Gasteiger partial charge in [0.05, 0.1) is 0 Å². The van der Waals surface area contributed by atoms with Gasteiger partial charge in [0.2, 0.25) is 0 Å². The van der Waals surface area contributed by atoms with Crippen LogP contribution in [0.15, 0.2) is 30.3 Å². The SMILES string of the molecule is Cl.c1ccc(CN[C@H]2[C@@H]3[C@H]4C[C@H]5[C@@H]3C[C@@H]3[C@@H]5[C@H]4[C@H]32)cc1. The fraction of sp³-hybridized carbons (Fsp3) is 0.667. The molecule has 0 unspecified atom stereocenters. The van der Waals surface area contributed by atoms with Crippen molar-refractivity contribution in [2.75, 3.05) is 0 Å². The Morgan fingerprint density at radius 1 is 0.800 bits per heavy atom. The van der Waals surface area contributed by atoms with Crippen molar-refractivity contribution in [1.29, 1.82) is 0 Å². The molecule has 1 aromatic carbocycles. The third kappa shape index (κ3) is 1.14. The van der Waals surface area contributed by atoms with E-state index in [9.17, 15) is 0 Å². The number of rotatable bonds is 3. The molecule has 2 bridgehead atoms. The van der Waals surface area contributed by atoms with Crippen LogP contribution < -0.4 is 5.32 Å². The Kier molecular flexibility index (Phi) is 2.30. The summed E-state index contributed by atoms with van der Waals surface area (Å²) in [6.07, 6.45) is 3.22. The van der Waals surface area contributed by atoms with Gasteiger partial charge in [0.25, 0.3) is 0 Å². The number of fused-ring (bicyclic) bond motifs is 2. The summed E-state index contributed by atoms with van der Waals surface area (Å²) in [5, 5.41) is 3.97. The molecule has 1 aromatic rings. The van der Waals surface area contributed by atoms with E-state index in [1.165, 1.54) is 17.4 Å². The molecule has 0 heterocycles. The second-order valence-electron chi connectivity index (χ2n) is 7.83. The normalized spacial score (nSPS) is 55.1. The van der Waals surface area contributed by atoms with Crippen molar-refractivity contribution in [3.8, 4) is 0 Å². The topological polar surface area (TPSA) is 12.0 Å². The molecule has 5 saturated carbocycles. The van der Waals surface area contributed by atoms with Crippen molar-refractivity contribution in [2.24, 2.45) is 47.3 Å². The lowest BCUT2D eigenvalue weighted by Gasteiger charge is -2.48. The minimum atomic E-state index is 0. The van der Waals surface area contributed by atoms with E-state index in [0.29, 0.717) is 0 Å². The Morgan fingerprint density at radius 2 is 1.50 bits per heavy atom. The molecule has 0 amide bonds. The van der Waals surface area contributed by atoms with Gasteiger partial charge in [0, 0.05) is 12.6 Å². The van der Waals surface area contributed by atoms with E-state index in [0.717, 1.165) is 48.1 Å². The smallest absolute Gasteiger partial charge is 0.0208 e. The fourth-order valence-electron chi connectivity index (χ4n) is 7.58. The maximum Gasteiger partial charge on any atom is 0.0208 e. The molecule has 1 N–H and O–H groups in total. The maximum atomic E-state index is 3.97. The number of hydrogen-bond acceptors (Lipinski definition) is 1. The fourth-order valence-corrected chi connectivity index (χ4v) is 7.58. The van der Waals surface area contributed by atoms with Crippen LogP contribution in [0.2, 0.25) is 0 Å². The van der Waals surface area contributed by atoms with Crippen molar-refractivity contribution in [2.45, 2.75) is 25.4 Å². The van der Waals surface area contributed by atoms with Crippen molar-refractivity contribution >= 4 is 12.4 Å². The number of hydrogen-bond donors (Lipinski definition) is 1. The molecule has 0 aliphatic heterocycles. The van der Waals surface area contributed by atoms with Crippen LogP contribution in [0.25, 0.3) is 0 Å². The van der Waals surface area contributed by atoms with Gasteiger partial charge in [-0.3, -0.25) is 0 Å². The average molecular weight is 288 g/mol. The predicted octanol–water partition coefficient (Wildman–Crippen LogP) is 3.34. The standard InChI is InChI=1S/C18H21N.ClH/c1-2-4-9(5-3-1)8-19-18-15-11-7-12-14-10(11)6-13(15)16(14)17(12)18;/h1-5,10-19H,6-8H2;1H/t10-,11-,12+,13+,14+,15-,16-,17-,18-;/m0./s1. The van der Waals surface area contributed by atoms with Crippen LogP contribution in [0.1, 0.15) is 18.4 Å². The Bertz CT molecular complexity index is 538. The van der Waals surface area contributed by atoms with Gasteiger partial charge in [-0.15, -0.1) is 12.4 Å². The summed E-state index contributed by atoms with van der Waals surface area (Å²) < 4.78 is 0. The molecule has 5 aliphatic carbocycles. The van der Waals surface area contributed by atoms with E-state index in [1.807, 2.05) is 0 Å².